The Morgan fingerprint density at radius 3 is 2.53 bits per heavy atom. The van der Waals surface area contributed by atoms with Crippen LogP contribution in [0.15, 0.2) is 0 Å². The molecule has 2 unspecified atom stereocenters. The van der Waals surface area contributed by atoms with Gasteiger partial charge in [0.1, 0.15) is 0 Å². The summed E-state index contributed by atoms with van der Waals surface area (Å²) < 4.78 is 5.57. The van der Waals surface area contributed by atoms with Gasteiger partial charge < -0.3 is 15.0 Å². The van der Waals surface area contributed by atoms with Crippen LogP contribution in [0.2, 0.25) is 0 Å². The van der Waals surface area contributed by atoms with Gasteiger partial charge in [-0.25, -0.2) is 0 Å². The fourth-order valence-electron chi connectivity index (χ4n) is 3.42. The van der Waals surface area contributed by atoms with Crippen molar-refractivity contribution in [2.75, 3.05) is 26.2 Å². The number of nitrogens with zero attached hydrogens (tertiary/aromatic N) is 1. The molecule has 1 saturated carbocycles. The fourth-order valence-corrected chi connectivity index (χ4v) is 3.42. The molecular formula is C15H26N2O2. The Bertz CT molecular complexity index is 324. The van der Waals surface area contributed by atoms with Crippen molar-refractivity contribution in [2.24, 2.45) is 11.8 Å². The maximum atomic E-state index is 12.7. The average Bonchev–Trinajstić information content (AvgIpc) is 3.18. The van der Waals surface area contributed by atoms with Gasteiger partial charge in [-0.2, -0.15) is 0 Å². The highest BCUT2D eigenvalue weighted by Crippen LogP contribution is 2.33. The number of carbonyl (C=O) groups excluding carboxylic acids is 1. The Morgan fingerprint density at radius 1 is 1.21 bits per heavy atom. The van der Waals surface area contributed by atoms with Gasteiger partial charge in [0.25, 0.3) is 0 Å². The summed E-state index contributed by atoms with van der Waals surface area (Å²) >= 11 is 0. The van der Waals surface area contributed by atoms with Gasteiger partial charge in [0.2, 0.25) is 5.91 Å². The number of carbonyl (C=O) groups is 1. The van der Waals surface area contributed by atoms with Crippen molar-refractivity contribution in [2.45, 2.75) is 51.2 Å². The molecule has 4 heteroatoms. The van der Waals surface area contributed by atoms with E-state index in [9.17, 15) is 4.79 Å². The predicted molar refractivity (Wildman–Crippen MR) is 73.8 cm³/mol. The maximum Gasteiger partial charge on any atom is 0.228 e. The second-order valence-electron chi connectivity index (χ2n) is 6.39. The Hall–Kier alpha value is -0.610. The van der Waals surface area contributed by atoms with Gasteiger partial charge in [-0.3, -0.25) is 4.79 Å². The van der Waals surface area contributed by atoms with Crippen LogP contribution in [0.25, 0.3) is 0 Å². The average molecular weight is 266 g/mol. The highest BCUT2D eigenvalue weighted by molar-refractivity contribution is 5.80. The lowest BCUT2D eigenvalue weighted by atomic mass is 9.95. The number of hydrogen-bond donors (Lipinski definition) is 1. The Morgan fingerprint density at radius 2 is 1.95 bits per heavy atom. The van der Waals surface area contributed by atoms with E-state index >= 15 is 0 Å². The Kier molecular flexibility index (Phi) is 4.08. The van der Waals surface area contributed by atoms with E-state index in [0.717, 1.165) is 32.7 Å². The largest absolute Gasteiger partial charge is 0.378 e. The van der Waals surface area contributed by atoms with Crippen molar-refractivity contribution in [1.82, 2.24) is 10.2 Å². The van der Waals surface area contributed by atoms with Crippen LogP contribution >= 0.6 is 0 Å². The highest BCUT2D eigenvalue weighted by Gasteiger charge is 2.40. The zero-order chi connectivity index (χ0) is 13.2. The highest BCUT2D eigenvalue weighted by atomic mass is 16.5. The molecule has 0 aromatic carbocycles. The molecule has 0 spiro atoms. The topological polar surface area (TPSA) is 41.6 Å². The van der Waals surface area contributed by atoms with Crippen LogP contribution in [0.4, 0.5) is 0 Å². The van der Waals surface area contributed by atoms with E-state index in [1.54, 1.807) is 0 Å². The Balaban J connectivity index is 1.61. The smallest absolute Gasteiger partial charge is 0.228 e. The van der Waals surface area contributed by atoms with E-state index in [4.69, 9.17) is 4.74 Å². The molecule has 4 nitrogen and oxygen atoms in total. The quantitative estimate of drug-likeness (QED) is 0.836. The molecule has 3 rings (SSSR count). The van der Waals surface area contributed by atoms with Crippen LogP contribution in [0.1, 0.15) is 39.0 Å². The second-order valence-corrected chi connectivity index (χ2v) is 6.39. The lowest BCUT2D eigenvalue weighted by molar-refractivity contribution is -0.138. The third kappa shape index (κ3) is 3.11. The van der Waals surface area contributed by atoms with Crippen molar-refractivity contribution in [1.29, 1.82) is 0 Å². The summed E-state index contributed by atoms with van der Waals surface area (Å²) in [6, 6.07) is 0.537. The second kappa shape index (κ2) is 5.80. The van der Waals surface area contributed by atoms with Gasteiger partial charge in [0.05, 0.1) is 12.0 Å². The molecule has 1 aliphatic carbocycles. The van der Waals surface area contributed by atoms with Crippen molar-refractivity contribution in [3.8, 4) is 0 Å². The van der Waals surface area contributed by atoms with E-state index in [2.05, 4.69) is 10.2 Å². The minimum absolute atomic E-state index is 0.113. The van der Waals surface area contributed by atoms with Gasteiger partial charge in [0, 0.05) is 19.2 Å². The summed E-state index contributed by atoms with van der Waals surface area (Å²) in [6.45, 7) is 6.00. The molecule has 2 aliphatic heterocycles. The van der Waals surface area contributed by atoms with Gasteiger partial charge in [-0.15, -0.1) is 0 Å². The molecule has 1 N–H and O–H groups in total. The number of nitrogens with one attached hydrogen (secondary N) is 1. The monoisotopic (exact) mass is 266 g/mol. The lowest BCUT2D eigenvalue weighted by Gasteiger charge is -2.32. The van der Waals surface area contributed by atoms with Crippen LogP contribution in [0.5, 0.6) is 0 Å². The molecule has 2 atom stereocenters. The fraction of sp³-hybridized carbons (Fsp3) is 0.933. The first kappa shape index (κ1) is 13.4. The normalized spacial score (nSPS) is 32.5. The zero-order valence-electron chi connectivity index (χ0n) is 11.9. The SMILES string of the molecule is CC1OCCC1C(=O)N(CC1CCNCC1)C1CC1. The lowest BCUT2D eigenvalue weighted by Crippen LogP contribution is -2.44. The zero-order valence-corrected chi connectivity index (χ0v) is 11.9. The van der Waals surface area contributed by atoms with Crippen LogP contribution in [-0.4, -0.2) is 49.2 Å². The number of rotatable bonds is 4. The van der Waals surface area contributed by atoms with Crippen molar-refractivity contribution in [3.05, 3.63) is 0 Å². The third-order valence-corrected chi connectivity index (χ3v) is 4.88. The first-order chi connectivity index (χ1) is 9.25. The number of piperidine rings is 1. The van der Waals surface area contributed by atoms with Gasteiger partial charge in [0.15, 0.2) is 0 Å². The van der Waals surface area contributed by atoms with Crippen LogP contribution in [-0.2, 0) is 9.53 Å². The Labute approximate surface area is 115 Å². The van der Waals surface area contributed by atoms with E-state index in [1.807, 2.05) is 6.92 Å². The van der Waals surface area contributed by atoms with E-state index < -0.39 is 0 Å². The summed E-state index contributed by atoms with van der Waals surface area (Å²) in [6.07, 6.45) is 5.87. The molecule has 2 saturated heterocycles. The third-order valence-electron chi connectivity index (χ3n) is 4.88. The van der Waals surface area contributed by atoms with Gasteiger partial charge in [-0.05, 0) is 58.0 Å². The minimum atomic E-state index is 0.113. The van der Waals surface area contributed by atoms with Crippen LogP contribution < -0.4 is 5.32 Å². The molecule has 3 aliphatic rings. The van der Waals surface area contributed by atoms with Gasteiger partial charge >= 0.3 is 0 Å². The number of hydrogen-bond acceptors (Lipinski definition) is 3. The molecular weight excluding hydrogens is 240 g/mol. The molecule has 108 valence electrons. The first-order valence-electron chi connectivity index (χ1n) is 7.88. The summed E-state index contributed by atoms with van der Waals surface area (Å²) in [7, 11) is 0. The number of ether oxygens (including phenoxy) is 1. The molecule has 0 bridgehead atoms. The summed E-state index contributed by atoms with van der Waals surface area (Å²) in [5.74, 6) is 1.18. The first-order valence-corrected chi connectivity index (χ1v) is 7.88. The summed E-state index contributed by atoms with van der Waals surface area (Å²) in [5, 5.41) is 3.40. The molecule has 19 heavy (non-hydrogen) atoms. The number of amides is 1. The van der Waals surface area contributed by atoms with E-state index in [-0.39, 0.29) is 12.0 Å². The molecule has 1 amide bonds. The van der Waals surface area contributed by atoms with Crippen molar-refractivity contribution < 1.29 is 9.53 Å². The summed E-state index contributed by atoms with van der Waals surface area (Å²) in [5.41, 5.74) is 0. The van der Waals surface area contributed by atoms with Crippen molar-refractivity contribution in [3.63, 3.8) is 0 Å². The standard InChI is InChI=1S/C15H26N2O2/c1-11-14(6-9-19-11)15(18)17(13-2-3-13)10-12-4-7-16-8-5-12/h11-14,16H,2-10H2,1H3. The predicted octanol–water partition coefficient (Wildman–Crippen LogP) is 1.40. The molecule has 0 radical (unpaired) electrons. The molecule has 2 heterocycles. The van der Waals surface area contributed by atoms with Crippen LogP contribution in [0, 0.1) is 11.8 Å². The van der Waals surface area contributed by atoms with E-state index in [0.29, 0.717) is 17.9 Å². The molecule has 0 aromatic rings. The van der Waals surface area contributed by atoms with E-state index in [1.165, 1.54) is 25.7 Å². The van der Waals surface area contributed by atoms with Crippen LogP contribution in [0.3, 0.4) is 0 Å². The molecule has 0 aromatic heterocycles. The molecule has 3 fully saturated rings. The maximum absolute atomic E-state index is 12.7. The summed E-state index contributed by atoms with van der Waals surface area (Å²) in [4.78, 5) is 14.9. The minimum Gasteiger partial charge on any atom is -0.378 e. The van der Waals surface area contributed by atoms with Gasteiger partial charge in [-0.1, -0.05) is 0 Å². The van der Waals surface area contributed by atoms with Crippen molar-refractivity contribution >= 4 is 5.91 Å².